The quantitative estimate of drug-likeness (QED) is 0.647. The molecule has 0 saturated heterocycles. The maximum Gasteiger partial charge on any atom is 0.416 e. The topological polar surface area (TPSA) is 90.5 Å². The van der Waals surface area contributed by atoms with Crippen LogP contribution in [0, 0.1) is 0 Å². The van der Waals surface area contributed by atoms with Crippen molar-refractivity contribution < 1.29 is 27.8 Å². The molecule has 3 N–H and O–H groups in total. The fourth-order valence-corrected chi connectivity index (χ4v) is 2.97. The number of carbonyl (C=O) groups excluding carboxylic acids is 1. The molecule has 2 heterocycles. The van der Waals surface area contributed by atoms with Gasteiger partial charge < -0.3 is 20.1 Å². The molecule has 11 heteroatoms. The Kier molecular flexibility index (Phi) is 7.50. The number of fused-ring (bicyclic) bond motifs is 1. The molecule has 1 unspecified atom stereocenters. The lowest BCUT2D eigenvalue weighted by Gasteiger charge is -2.21. The van der Waals surface area contributed by atoms with E-state index in [1.54, 1.807) is 7.05 Å². The Labute approximate surface area is 171 Å². The van der Waals surface area contributed by atoms with Crippen molar-refractivity contribution in [2.75, 3.05) is 26.7 Å². The van der Waals surface area contributed by atoms with Crippen molar-refractivity contribution in [1.29, 1.82) is 0 Å². The summed E-state index contributed by atoms with van der Waals surface area (Å²) >= 11 is 0. The largest absolute Gasteiger partial charge is 0.491 e. The van der Waals surface area contributed by atoms with Gasteiger partial charge in [-0.25, -0.2) is 0 Å². The average Bonchev–Trinajstić information content (AvgIpc) is 3.09. The summed E-state index contributed by atoms with van der Waals surface area (Å²) in [5.41, 5.74) is 1.31. The Morgan fingerprint density at radius 2 is 2.03 bits per heavy atom. The third-order valence-electron chi connectivity index (χ3n) is 4.46. The Morgan fingerprint density at radius 3 is 2.69 bits per heavy atom. The van der Waals surface area contributed by atoms with Crippen LogP contribution < -0.4 is 10.1 Å². The van der Waals surface area contributed by atoms with E-state index < -0.39 is 17.8 Å². The number of benzene rings is 1. The number of hydrogen-bond donors (Lipinski definition) is 3. The highest BCUT2D eigenvalue weighted by Crippen LogP contribution is 2.30. The van der Waals surface area contributed by atoms with Crippen LogP contribution in [0.4, 0.5) is 13.2 Å². The van der Waals surface area contributed by atoms with Crippen molar-refractivity contribution in [2.45, 2.75) is 25.2 Å². The molecule has 1 aromatic carbocycles. The molecule has 0 aliphatic carbocycles. The second kappa shape index (κ2) is 9.47. The van der Waals surface area contributed by atoms with Gasteiger partial charge in [-0.1, -0.05) is 0 Å². The zero-order valence-electron chi connectivity index (χ0n) is 15.6. The van der Waals surface area contributed by atoms with E-state index in [1.165, 1.54) is 17.0 Å². The number of aromatic amines is 1. The van der Waals surface area contributed by atoms with Gasteiger partial charge >= 0.3 is 6.18 Å². The number of aliphatic hydroxyl groups excluding tert-OH is 1. The number of rotatable bonds is 6. The van der Waals surface area contributed by atoms with Crippen molar-refractivity contribution in [3.05, 3.63) is 46.8 Å². The van der Waals surface area contributed by atoms with E-state index in [0.717, 1.165) is 36.4 Å². The zero-order chi connectivity index (χ0) is 20.3. The van der Waals surface area contributed by atoms with Gasteiger partial charge in [0.05, 0.1) is 5.56 Å². The first-order chi connectivity index (χ1) is 13.3. The van der Waals surface area contributed by atoms with Gasteiger partial charge in [-0.3, -0.25) is 9.89 Å². The molecular formula is C18H22ClF3N4O3. The number of aliphatic hydroxyl groups is 1. The third-order valence-corrected chi connectivity index (χ3v) is 4.46. The summed E-state index contributed by atoms with van der Waals surface area (Å²) in [6.07, 6.45) is -4.66. The minimum Gasteiger partial charge on any atom is -0.491 e. The Morgan fingerprint density at radius 1 is 1.34 bits per heavy atom. The molecule has 1 aromatic heterocycles. The van der Waals surface area contributed by atoms with E-state index in [9.17, 15) is 23.1 Å². The molecule has 1 amide bonds. The van der Waals surface area contributed by atoms with Crippen molar-refractivity contribution in [3.63, 3.8) is 0 Å². The van der Waals surface area contributed by atoms with Crippen LogP contribution in [0.3, 0.4) is 0 Å². The van der Waals surface area contributed by atoms with Gasteiger partial charge in [0, 0.05) is 44.4 Å². The first-order valence-corrected chi connectivity index (χ1v) is 8.76. The maximum atomic E-state index is 12.6. The minimum atomic E-state index is -4.41. The molecule has 1 aliphatic rings. The highest BCUT2D eigenvalue weighted by molar-refractivity contribution is 5.93. The molecule has 0 spiro atoms. The van der Waals surface area contributed by atoms with Gasteiger partial charge in [0.2, 0.25) is 0 Å². The molecule has 160 valence electrons. The lowest BCUT2D eigenvalue weighted by Crippen LogP contribution is -2.38. The lowest BCUT2D eigenvalue weighted by molar-refractivity contribution is -0.137. The SMILES string of the molecule is CN(CC(O)COc1ccc(C(F)(F)F)cc1)C(=O)c1n[nH]c2c1CNCC2.Cl. The molecule has 0 radical (unpaired) electrons. The van der Waals surface area contributed by atoms with Crippen LogP contribution in [-0.4, -0.2) is 59.0 Å². The molecule has 29 heavy (non-hydrogen) atoms. The van der Waals surface area contributed by atoms with E-state index in [2.05, 4.69) is 15.5 Å². The number of hydrogen-bond acceptors (Lipinski definition) is 5. The predicted octanol–water partition coefficient (Wildman–Crippen LogP) is 2.01. The fraction of sp³-hybridized carbons (Fsp3) is 0.444. The molecule has 0 saturated carbocycles. The van der Waals surface area contributed by atoms with Crippen molar-refractivity contribution in [3.8, 4) is 5.75 Å². The monoisotopic (exact) mass is 434 g/mol. The van der Waals surface area contributed by atoms with E-state index in [-0.39, 0.29) is 37.2 Å². The van der Waals surface area contributed by atoms with Crippen LogP contribution in [0.25, 0.3) is 0 Å². The number of aromatic nitrogens is 2. The fourth-order valence-electron chi connectivity index (χ4n) is 2.97. The van der Waals surface area contributed by atoms with Gasteiger partial charge in [0.25, 0.3) is 5.91 Å². The van der Waals surface area contributed by atoms with Gasteiger partial charge in [-0.2, -0.15) is 18.3 Å². The number of amides is 1. The number of carbonyl (C=O) groups is 1. The molecule has 1 aliphatic heterocycles. The van der Waals surface area contributed by atoms with Gasteiger partial charge in [-0.15, -0.1) is 12.4 Å². The number of halogens is 4. The van der Waals surface area contributed by atoms with E-state index in [1.807, 2.05) is 0 Å². The third kappa shape index (κ3) is 5.62. The number of nitrogens with one attached hydrogen (secondary N) is 2. The average molecular weight is 435 g/mol. The summed E-state index contributed by atoms with van der Waals surface area (Å²) < 4.78 is 42.9. The Hall–Kier alpha value is -2.30. The summed E-state index contributed by atoms with van der Waals surface area (Å²) in [6.45, 7) is 1.21. The summed E-state index contributed by atoms with van der Waals surface area (Å²) in [7, 11) is 1.54. The van der Waals surface area contributed by atoms with Crippen LogP contribution >= 0.6 is 12.4 Å². The Balaban J connectivity index is 0.00000300. The van der Waals surface area contributed by atoms with Crippen LogP contribution in [0.15, 0.2) is 24.3 Å². The molecule has 0 fully saturated rings. The number of H-pyrrole nitrogens is 1. The summed E-state index contributed by atoms with van der Waals surface area (Å²) in [4.78, 5) is 13.9. The molecular weight excluding hydrogens is 413 g/mol. The van der Waals surface area contributed by atoms with Crippen LogP contribution in [-0.2, 0) is 19.1 Å². The summed E-state index contributed by atoms with van der Waals surface area (Å²) in [5.74, 6) is -0.122. The second-order valence-electron chi connectivity index (χ2n) is 6.63. The predicted molar refractivity (Wildman–Crippen MR) is 101 cm³/mol. The molecule has 2 aromatic rings. The molecule has 0 bridgehead atoms. The first-order valence-electron chi connectivity index (χ1n) is 8.76. The summed E-state index contributed by atoms with van der Waals surface area (Å²) in [6, 6.07) is 4.19. The van der Waals surface area contributed by atoms with Crippen LogP contribution in [0.5, 0.6) is 5.75 Å². The number of alkyl halides is 3. The van der Waals surface area contributed by atoms with Crippen molar-refractivity contribution in [1.82, 2.24) is 20.4 Å². The molecule has 7 nitrogen and oxygen atoms in total. The van der Waals surface area contributed by atoms with Gasteiger partial charge in [0.15, 0.2) is 5.69 Å². The highest BCUT2D eigenvalue weighted by Gasteiger charge is 2.30. The number of nitrogens with zero attached hydrogens (tertiary/aromatic N) is 2. The van der Waals surface area contributed by atoms with Crippen molar-refractivity contribution in [2.24, 2.45) is 0 Å². The van der Waals surface area contributed by atoms with Crippen LogP contribution in [0.2, 0.25) is 0 Å². The number of ether oxygens (including phenoxy) is 1. The lowest BCUT2D eigenvalue weighted by atomic mass is 10.1. The van der Waals surface area contributed by atoms with Gasteiger partial charge in [-0.05, 0) is 24.3 Å². The summed E-state index contributed by atoms with van der Waals surface area (Å²) in [5, 5.41) is 20.3. The standard InChI is InChI=1S/C18H21F3N4O3.ClH/c1-25(17(27)16-14-8-22-7-6-15(14)23-24-16)9-12(26)10-28-13-4-2-11(3-5-13)18(19,20)21;/h2-5,12,22,26H,6-10H2,1H3,(H,23,24);1H. The van der Waals surface area contributed by atoms with Gasteiger partial charge in [0.1, 0.15) is 18.5 Å². The molecule has 3 rings (SSSR count). The molecule has 1 atom stereocenters. The highest BCUT2D eigenvalue weighted by atomic mass is 35.5. The van der Waals surface area contributed by atoms with E-state index >= 15 is 0 Å². The maximum absolute atomic E-state index is 12.6. The van der Waals surface area contributed by atoms with E-state index in [0.29, 0.717) is 12.2 Å². The minimum absolute atomic E-state index is 0. The zero-order valence-corrected chi connectivity index (χ0v) is 16.4. The Bertz CT molecular complexity index is 827. The van der Waals surface area contributed by atoms with Crippen molar-refractivity contribution >= 4 is 18.3 Å². The second-order valence-corrected chi connectivity index (χ2v) is 6.63. The number of likely N-dealkylation sites (N-methyl/N-ethyl adjacent to an activating group) is 1. The van der Waals surface area contributed by atoms with E-state index in [4.69, 9.17) is 4.74 Å². The smallest absolute Gasteiger partial charge is 0.416 e. The first kappa shape index (κ1) is 23.0. The normalized spacial score (nSPS) is 14.5. The van der Waals surface area contributed by atoms with Crippen LogP contribution in [0.1, 0.15) is 27.3 Å².